The molecule has 0 atom stereocenters. The molecule has 0 aliphatic rings. The highest BCUT2D eigenvalue weighted by Gasteiger charge is 2.03. The summed E-state index contributed by atoms with van der Waals surface area (Å²) < 4.78 is 0. The molecule has 0 aliphatic heterocycles. The summed E-state index contributed by atoms with van der Waals surface area (Å²) in [5.41, 5.74) is 0.590. The van der Waals surface area contributed by atoms with E-state index in [9.17, 15) is 5.11 Å². The molecule has 0 aromatic rings. The molecular formula is C8H14ClNO. The summed E-state index contributed by atoms with van der Waals surface area (Å²) in [6.07, 6.45) is 0. The van der Waals surface area contributed by atoms with E-state index in [0.717, 1.165) is 0 Å². The number of nitrogens with zero attached hydrogens (tertiary/aromatic N) is 1. The average Bonchev–Trinajstić information content (AvgIpc) is 1.84. The van der Waals surface area contributed by atoms with Crippen molar-refractivity contribution in [1.29, 1.82) is 0 Å². The van der Waals surface area contributed by atoms with Crippen molar-refractivity contribution in [2.75, 3.05) is 0 Å². The third-order valence-corrected chi connectivity index (χ3v) is 1.32. The Balaban J connectivity index is 4.54. The molecule has 0 saturated carbocycles. The van der Waals surface area contributed by atoms with Crippen LogP contribution in [0, 0.1) is 5.92 Å². The topological polar surface area (TPSA) is 32.6 Å². The van der Waals surface area contributed by atoms with Crippen LogP contribution in [0.5, 0.6) is 0 Å². The first kappa shape index (κ1) is 10.5. The van der Waals surface area contributed by atoms with E-state index in [-0.39, 0.29) is 5.92 Å². The number of aliphatic hydroxyl groups is 1. The van der Waals surface area contributed by atoms with Crippen LogP contribution in [0.4, 0.5) is 0 Å². The number of aliphatic hydroxyl groups excluding tert-OH is 1. The van der Waals surface area contributed by atoms with Crippen molar-refractivity contribution < 1.29 is 5.11 Å². The van der Waals surface area contributed by atoms with Crippen LogP contribution in [0.2, 0.25) is 0 Å². The van der Waals surface area contributed by atoms with Gasteiger partial charge in [0.2, 0.25) is 0 Å². The van der Waals surface area contributed by atoms with Crippen molar-refractivity contribution in [1.82, 2.24) is 0 Å². The van der Waals surface area contributed by atoms with Gasteiger partial charge in [-0.3, -0.25) is 0 Å². The first-order chi connectivity index (χ1) is 4.95. The van der Waals surface area contributed by atoms with Gasteiger partial charge in [-0.05, 0) is 13.8 Å². The quantitative estimate of drug-likeness (QED) is 0.508. The fourth-order valence-corrected chi connectivity index (χ4v) is 0.833. The predicted molar refractivity (Wildman–Crippen MR) is 49.1 cm³/mol. The Morgan fingerprint density at radius 1 is 1.36 bits per heavy atom. The van der Waals surface area contributed by atoms with Crippen molar-refractivity contribution in [2.45, 2.75) is 27.7 Å². The van der Waals surface area contributed by atoms with Gasteiger partial charge in [-0.25, -0.2) is 4.99 Å². The van der Waals surface area contributed by atoms with Crippen LogP contribution in [0.25, 0.3) is 0 Å². The first-order valence-electron chi connectivity index (χ1n) is 3.55. The maximum Gasteiger partial charge on any atom is 0.116 e. The Morgan fingerprint density at radius 2 is 1.82 bits per heavy atom. The van der Waals surface area contributed by atoms with Crippen LogP contribution in [0.15, 0.2) is 16.4 Å². The van der Waals surface area contributed by atoms with Gasteiger partial charge in [0, 0.05) is 5.92 Å². The second kappa shape index (κ2) is 4.39. The minimum Gasteiger partial charge on any atom is -0.510 e. The van der Waals surface area contributed by atoms with Gasteiger partial charge in [-0.1, -0.05) is 25.4 Å². The van der Waals surface area contributed by atoms with E-state index in [1.54, 1.807) is 13.8 Å². The molecule has 0 fully saturated rings. The minimum atomic E-state index is 0.106. The molecule has 0 bridgehead atoms. The number of hydrogen-bond acceptors (Lipinski definition) is 2. The van der Waals surface area contributed by atoms with E-state index in [0.29, 0.717) is 16.6 Å². The standard InChI is InChI=1S/C8H14ClNO/c1-5(2)8(11)6(3)10-7(4)9/h5,11H,1-4H3/b8-6-,10-7?. The molecule has 3 heteroatoms. The van der Waals surface area contributed by atoms with Crippen LogP contribution in [-0.2, 0) is 0 Å². The lowest BCUT2D eigenvalue weighted by atomic mass is 10.1. The molecule has 0 spiro atoms. The average molecular weight is 176 g/mol. The highest BCUT2D eigenvalue weighted by Crippen LogP contribution is 2.12. The molecular weight excluding hydrogens is 162 g/mol. The van der Waals surface area contributed by atoms with Gasteiger partial charge in [-0.2, -0.15) is 0 Å². The SMILES string of the molecule is CC(Cl)=N/C(C)=C(\O)C(C)C. The molecule has 0 saturated heterocycles. The maximum absolute atomic E-state index is 9.36. The zero-order chi connectivity index (χ0) is 9.02. The minimum absolute atomic E-state index is 0.106. The Morgan fingerprint density at radius 3 is 2.09 bits per heavy atom. The lowest BCUT2D eigenvalue weighted by molar-refractivity contribution is 0.344. The molecule has 0 aromatic heterocycles. The third kappa shape index (κ3) is 4.04. The van der Waals surface area contributed by atoms with Gasteiger partial charge in [0.05, 0.1) is 5.70 Å². The van der Waals surface area contributed by atoms with E-state index in [1.165, 1.54) is 0 Å². The van der Waals surface area contributed by atoms with Crippen LogP contribution >= 0.6 is 11.6 Å². The Labute approximate surface area is 72.6 Å². The fraction of sp³-hybridized carbons (Fsp3) is 0.625. The van der Waals surface area contributed by atoms with E-state index >= 15 is 0 Å². The first-order valence-corrected chi connectivity index (χ1v) is 3.93. The van der Waals surface area contributed by atoms with Crippen LogP contribution in [0.1, 0.15) is 27.7 Å². The van der Waals surface area contributed by atoms with Crippen molar-refractivity contribution in [3.63, 3.8) is 0 Å². The number of hydrogen-bond donors (Lipinski definition) is 1. The van der Waals surface area contributed by atoms with Gasteiger partial charge in [0.1, 0.15) is 10.9 Å². The van der Waals surface area contributed by atoms with Gasteiger partial charge < -0.3 is 5.11 Å². The van der Waals surface area contributed by atoms with E-state index in [4.69, 9.17) is 11.6 Å². The van der Waals surface area contributed by atoms with Crippen molar-refractivity contribution in [3.05, 3.63) is 11.5 Å². The van der Waals surface area contributed by atoms with Gasteiger partial charge in [0.25, 0.3) is 0 Å². The summed E-state index contributed by atoms with van der Waals surface area (Å²) in [6.45, 7) is 7.22. The molecule has 0 aliphatic carbocycles. The fourth-order valence-electron chi connectivity index (χ4n) is 0.706. The highest BCUT2D eigenvalue weighted by molar-refractivity contribution is 6.64. The lowest BCUT2D eigenvalue weighted by Crippen LogP contribution is -1.95. The molecule has 0 aromatic carbocycles. The number of halogens is 1. The maximum atomic E-state index is 9.36. The molecule has 0 heterocycles. The largest absolute Gasteiger partial charge is 0.510 e. The molecule has 0 radical (unpaired) electrons. The zero-order valence-corrected chi connectivity index (χ0v) is 8.11. The van der Waals surface area contributed by atoms with Crippen LogP contribution in [0.3, 0.4) is 0 Å². The molecule has 0 amide bonds. The Bertz CT molecular complexity index is 190. The monoisotopic (exact) mass is 175 g/mol. The van der Waals surface area contributed by atoms with Crippen molar-refractivity contribution in [2.24, 2.45) is 10.9 Å². The summed E-state index contributed by atoms with van der Waals surface area (Å²) in [5.74, 6) is 0.403. The van der Waals surface area contributed by atoms with Crippen molar-refractivity contribution >= 4 is 16.8 Å². The number of aliphatic imine (C=N–C) groups is 1. The highest BCUT2D eigenvalue weighted by atomic mass is 35.5. The summed E-state index contributed by atoms with van der Waals surface area (Å²) in [6, 6.07) is 0. The molecule has 64 valence electrons. The van der Waals surface area contributed by atoms with E-state index in [1.807, 2.05) is 13.8 Å². The second-order valence-corrected chi connectivity index (χ2v) is 3.28. The van der Waals surface area contributed by atoms with Crippen molar-refractivity contribution in [3.8, 4) is 0 Å². The molecule has 11 heavy (non-hydrogen) atoms. The zero-order valence-electron chi connectivity index (χ0n) is 7.35. The number of rotatable bonds is 2. The molecule has 0 rings (SSSR count). The number of allylic oxidation sites excluding steroid dienone is 2. The molecule has 1 N–H and O–H groups in total. The summed E-state index contributed by atoms with van der Waals surface area (Å²) >= 11 is 5.53. The Kier molecular flexibility index (Phi) is 4.19. The Hall–Kier alpha value is -0.500. The third-order valence-electron chi connectivity index (χ3n) is 1.24. The van der Waals surface area contributed by atoms with E-state index in [2.05, 4.69) is 4.99 Å². The van der Waals surface area contributed by atoms with Gasteiger partial charge in [0.15, 0.2) is 0 Å². The summed E-state index contributed by atoms with van der Waals surface area (Å²) in [5, 5.41) is 9.80. The summed E-state index contributed by atoms with van der Waals surface area (Å²) in [7, 11) is 0. The predicted octanol–water partition coefficient (Wildman–Crippen LogP) is 3.09. The van der Waals surface area contributed by atoms with Gasteiger partial charge in [-0.15, -0.1) is 0 Å². The van der Waals surface area contributed by atoms with Crippen LogP contribution in [-0.4, -0.2) is 10.3 Å². The lowest BCUT2D eigenvalue weighted by Gasteiger charge is -2.04. The second-order valence-electron chi connectivity index (χ2n) is 2.73. The summed E-state index contributed by atoms with van der Waals surface area (Å²) in [4.78, 5) is 3.91. The molecule has 2 nitrogen and oxygen atoms in total. The van der Waals surface area contributed by atoms with Gasteiger partial charge >= 0.3 is 0 Å². The normalized spacial score (nSPS) is 15.3. The van der Waals surface area contributed by atoms with Crippen LogP contribution < -0.4 is 0 Å². The smallest absolute Gasteiger partial charge is 0.116 e. The molecule has 0 unspecified atom stereocenters. The van der Waals surface area contributed by atoms with E-state index < -0.39 is 0 Å².